The summed E-state index contributed by atoms with van der Waals surface area (Å²) >= 11 is 0. The quantitative estimate of drug-likeness (QED) is 0.469. The fourth-order valence-electron chi connectivity index (χ4n) is 1.31. The molecule has 0 radical (unpaired) electrons. The van der Waals surface area contributed by atoms with E-state index in [1.807, 2.05) is 27.7 Å². The molecule has 56 valence electrons. The van der Waals surface area contributed by atoms with Gasteiger partial charge < -0.3 is 0 Å². The number of carbonyl (C=O) groups excluding carboxylic acids is 1. The molecule has 0 aromatic carbocycles. The molecule has 10 heavy (non-hydrogen) atoms. The third kappa shape index (κ3) is 0.898. The minimum absolute atomic E-state index is 0.0629. The smallest absolute Gasteiger partial charge is 0.164 e. The van der Waals surface area contributed by atoms with Crippen LogP contribution in [0.2, 0.25) is 0 Å². The van der Waals surface area contributed by atoms with Crippen LogP contribution < -0.4 is 0 Å². The molecule has 1 saturated carbocycles. The predicted octanol–water partition coefficient (Wildman–Crippen LogP) is 2.32. The molecule has 0 heterocycles. The third-order valence-electron chi connectivity index (χ3n) is 2.11. The van der Waals surface area contributed by atoms with Gasteiger partial charge in [-0.3, -0.25) is 4.79 Å². The van der Waals surface area contributed by atoms with Gasteiger partial charge in [0, 0.05) is 5.41 Å². The van der Waals surface area contributed by atoms with Gasteiger partial charge in [-0.1, -0.05) is 19.4 Å². The summed E-state index contributed by atoms with van der Waals surface area (Å²) < 4.78 is 0. The lowest BCUT2D eigenvalue weighted by atomic mass is 9.66. The van der Waals surface area contributed by atoms with Crippen molar-refractivity contribution in [2.24, 2.45) is 5.41 Å². The number of ketones is 1. The van der Waals surface area contributed by atoms with Gasteiger partial charge in [0.25, 0.3) is 0 Å². The molecule has 1 aliphatic carbocycles. The maximum Gasteiger partial charge on any atom is 0.164 e. The van der Waals surface area contributed by atoms with E-state index in [1.165, 1.54) is 5.57 Å². The van der Waals surface area contributed by atoms with Gasteiger partial charge in [-0.15, -0.1) is 0 Å². The van der Waals surface area contributed by atoms with Gasteiger partial charge in [0.15, 0.2) is 5.78 Å². The van der Waals surface area contributed by atoms with Crippen molar-refractivity contribution in [3.05, 3.63) is 11.1 Å². The first-order valence-corrected chi connectivity index (χ1v) is 3.66. The Hall–Kier alpha value is -0.590. The molecule has 1 fully saturated rings. The van der Waals surface area contributed by atoms with Crippen molar-refractivity contribution >= 4 is 5.78 Å². The van der Waals surface area contributed by atoms with Gasteiger partial charge in [0.05, 0.1) is 0 Å². The Morgan fingerprint density at radius 1 is 1.40 bits per heavy atom. The van der Waals surface area contributed by atoms with E-state index in [4.69, 9.17) is 0 Å². The third-order valence-corrected chi connectivity index (χ3v) is 2.11. The summed E-state index contributed by atoms with van der Waals surface area (Å²) in [5.74, 6) is 0.340. The normalized spacial score (nSPS) is 22.4. The molecule has 0 unspecified atom stereocenters. The van der Waals surface area contributed by atoms with Crippen LogP contribution in [0.3, 0.4) is 0 Å². The summed E-state index contributed by atoms with van der Waals surface area (Å²) in [6, 6.07) is 0. The van der Waals surface area contributed by atoms with Crippen LogP contribution in [-0.2, 0) is 4.79 Å². The molecule has 1 aliphatic rings. The van der Waals surface area contributed by atoms with Crippen molar-refractivity contribution < 1.29 is 4.79 Å². The van der Waals surface area contributed by atoms with Crippen LogP contribution in [0, 0.1) is 5.41 Å². The second-order valence-electron chi connectivity index (χ2n) is 3.87. The molecule has 0 atom stereocenters. The summed E-state index contributed by atoms with van der Waals surface area (Å²) in [4.78, 5) is 11.3. The SMILES string of the molecule is CC(C)=C1CC(C)(C)C1=O. The van der Waals surface area contributed by atoms with Crippen molar-refractivity contribution in [2.45, 2.75) is 34.1 Å². The summed E-state index contributed by atoms with van der Waals surface area (Å²) in [5, 5.41) is 0. The lowest BCUT2D eigenvalue weighted by Crippen LogP contribution is -2.38. The van der Waals surface area contributed by atoms with E-state index in [0.29, 0.717) is 5.78 Å². The molecular formula is C9H14O. The predicted molar refractivity (Wildman–Crippen MR) is 41.8 cm³/mol. The average molecular weight is 138 g/mol. The molecule has 1 heteroatoms. The van der Waals surface area contributed by atoms with Crippen LogP contribution in [-0.4, -0.2) is 5.78 Å². The number of hydrogen-bond donors (Lipinski definition) is 0. The highest BCUT2D eigenvalue weighted by Gasteiger charge is 2.41. The van der Waals surface area contributed by atoms with Crippen molar-refractivity contribution in [1.82, 2.24) is 0 Å². The fourth-order valence-corrected chi connectivity index (χ4v) is 1.31. The highest BCUT2D eigenvalue weighted by atomic mass is 16.1. The van der Waals surface area contributed by atoms with Gasteiger partial charge in [-0.25, -0.2) is 0 Å². The van der Waals surface area contributed by atoms with Crippen LogP contribution in [0.4, 0.5) is 0 Å². The minimum Gasteiger partial charge on any atom is -0.294 e. The first-order valence-electron chi connectivity index (χ1n) is 3.66. The second kappa shape index (κ2) is 1.94. The summed E-state index contributed by atoms with van der Waals surface area (Å²) in [6.45, 7) is 8.01. The molecule has 1 rings (SSSR count). The number of allylic oxidation sites excluding steroid dienone is 2. The molecule has 0 bridgehead atoms. The van der Waals surface area contributed by atoms with Crippen LogP contribution in [0.15, 0.2) is 11.1 Å². The molecule has 0 aromatic rings. The number of carbonyl (C=O) groups is 1. The van der Waals surface area contributed by atoms with E-state index in [1.54, 1.807) is 0 Å². The van der Waals surface area contributed by atoms with E-state index >= 15 is 0 Å². The highest BCUT2D eigenvalue weighted by Crippen LogP contribution is 2.41. The molecule has 0 amide bonds. The molecule has 0 N–H and O–H groups in total. The van der Waals surface area contributed by atoms with E-state index in [0.717, 1.165) is 12.0 Å². The molecule has 0 aromatic heterocycles. The molecule has 0 aliphatic heterocycles. The summed E-state index contributed by atoms with van der Waals surface area (Å²) in [6.07, 6.45) is 0.966. The Morgan fingerprint density at radius 2 is 1.90 bits per heavy atom. The van der Waals surface area contributed by atoms with Crippen molar-refractivity contribution in [2.75, 3.05) is 0 Å². The van der Waals surface area contributed by atoms with Crippen molar-refractivity contribution in [3.63, 3.8) is 0 Å². The summed E-state index contributed by atoms with van der Waals surface area (Å²) in [7, 11) is 0. The van der Waals surface area contributed by atoms with E-state index in [9.17, 15) is 4.79 Å². The molecule has 0 saturated heterocycles. The Balaban J connectivity index is 2.83. The average Bonchev–Trinajstić information content (AvgIpc) is 1.82. The van der Waals surface area contributed by atoms with Crippen LogP contribution in [0.5, 0.6) is 0 Å². The standard InChI is InChI=1S/C9H14O/c1-6(2)7-5-9(3,4)8(7)10/h5H2,1-4H3. The van der Waals surface area contributed by atoms with Gasteiger partial charge in [-0.2, -0.15) is 0 Å². The Labute approximate surface area is 62.1 Å². The summed E-state index contributed by atoms with van der Waals surface area (Å²) in [5.41, 5.74) is 2.17. The molecular weight excluding hydrogens is 124 g/mol. The zero-order chi connectivity index (χ0) is 7.94. The second-order valence-corrected chi connectivity index (χ2v) is 3.87. The minimum atomic E-state index is -0.0629. The Kier molecular flexibility index (Phi) is 1.46. The van der Waals surface area contributed by atoms with Crippen molar-refractivity contribution in [3.8, 4) is 0 Å². The van der Waals surface area contributed by atoms with Gasteiger partial charge in [0.2, 0.25) is 0 Å². The maximum atomic E-state index is 11.3. The van der Waals surface area contributed by atoms with Crippen LogP contribution >= 0.6 is 0 Å². The maximum absolute atomic E-state index is 11.3. The number of Topliss-reactive ketones (excluding diaryl/α,β-unsaturated/α-hetero) is 1. The van der Waals surface area contributed by atoms with Crippen molar-refractivity contribution in [1.29, 1.82) is 0 Å². The first-order chi connectivity index (χ1) is 4.45. The van der Waals surface area contributed by atoms with E-state index in [-0.39, 0.29) is 5.41 Å². The Morgan fingerprint density at radius 3 is 2.00 bits per heavy atom. The van der Waals surface area contributed by atoms with E-state index in [2.05, 4.69) is 0 Å². The fraction of sp³-hybridized carbons (Fsp3) is 0.667. The van der Waals surface area contributed by atoms with Gasteiger partial charge in [0.1, 0.15) is 0 Å². The topological polar surface area (TPSA) is 17.1 Å². The lowest BCUT2D eigenvalue weighted by Gasteiger charge is -2.36. The Bertz CT molecular complexity index is 205. The largest absolute Gasteiger partial charge is 0.294 e. The van der Waals surface area contributed by atoms with E-state index < -0.39 is 0 Å². The molecule has 1 nitrogen and oxygen atoms in total. The highest BCUT2D eigenvalue weighted by molar-refractivity contribution is 6.06. The molecule has 0 spiro atoms. The monoisotopic (exact) mass is 138 g/mol. The van der Waals surface area contributed by atoms with Crippen LogP contribution in [0.25, 0.3) is 0 Å². The number of hydrogen-bond acceptors (Lipinski definition) is 1. The zero-order valence-electron chi connectivity index (χ0n) is 7.12. The van der Waals surface area contributed by atoms with Gasteiger partial charge >= 0.3 is 0 Å². The zero-order valence-corrected chi connectivity index (χ0v) is 7.12. The lowest BCUT2D eigenvalue weighted by molar-refractivity contribution is -0.128. The first kappa shape index (κ1) is 7.52. The van der Waals surface area contributed by atoms with Crippen LogP contribution in [0.1, 0.15) is 34.1 Å². The number of rotatable bonds is 0. The van der Waals surface area contributed by atoms with Gasteiger partial charge in [-0.05, 0) is 25.8 Å².